The maximum atomic E-state index is 5.09. The summed E-state index contributed by atoms with van der Waals surface area (Å²) in [7, 11) is 0. The number of hydrogen-bond donors (Lipinski definition) is 1. The summed E-state index contributed by atoms with van der Waals surface area (Å²) in [5, 5.41) is 0. The summed E-state index contributed by atoms with van der Waals surface area (Å²) in [6.07, 6.45) is 1.84. The first kappa shape index (κ1) is 5.22. The highest BCUT2D eigenvalue weighted by Gasteiger charge is 1.85. The third kappa shape index (κ3) is 1.03. The lowest BCUT2D eigenvalue weighted by molar-refractivity contribution is 0.329. The van der Waals surface area contributed by atoms with Crippen molar-refractivity contribution < 1.29 is 4.74 Å². The average molecular weight is 111 g/mol. The normalized spacial score (nSPS) is 9.12. The van der Waals surface area contributed by atoms with Gasteiger partial charge in [-0.25, -0.2) is 0 Å². The van der Waals surface area contributed by atoms with Gasteiger partial charge in [0.05, 0.1) is 6.61 Å². The molecule has 2 heteroatoms. The van der Waals surface area contributed by atoms with Crippen LogP contribution in [0.15, 0.2) is 18.3 Å². The number of aromatic nitrogens is 1. The van der Waals surface area contributed by atoms with Crippen LogP contribution < -0.4 is 4.74 Å². The van der Waals surface area contributed by atoms with E-state index in [4.69, 9.17) is 4.74 Å². The first-order chi connectivity index (χ1) is 3.93. The van der Waals surface area contributed by atoms with E-state index in [-0.39, 0.29) is 0 Å². The summed E-state index contributed by atoms with van der Waals surface area (Å²) in [5.41, 5.74) is 0. The molecule has 1 aromatic heterocycles. The molecule has 0 bridgehead atoms. The van der Waals surface area contributed by atoms with E-state index in [1.54, 1.807) is 0 Å². The van der Waals surface area contributed by atoms with Gasteiger partial charge in [-0.2, -0.15) is 0 Å². The van der Waals surface area contributed by atoms with Gasteiger partial charge in [0.1, 0.15) is 0 Å². The lowest BCUT2D eigenvalue weighted by Gasteiger charge is -1.94. The molecule has 0 spiro atoms. The molecule has 0 radical (unpaired) electrons. The number of hydrogen-bond acceptors (Lipinski definition) is 1. The lowest BCUT2D eigenvalue weighted by Crippen LogP contribution is -1.89. The zero-order chi connectivity index (χ0) is 5.82. The average Bonchev–Trinajstić information content (AvgIpc) is 2.19. The Bertz CT molecular complexity index is 134. The van der Waals surface area contributed by atoms with E-state index in [0.29, 0.717) is 0 Å². The second-order valence-corrected chi connectivity index (χ2v) is 1.47. The van der Waals surface area contributed by atoms with Gasteiger partial charge in [-0.1, -0.05) is 0 Å². The minimum Gasteiger partial charge on any atom is -0.479 e. The van der Waals surface area contributed by atoms with Crippen LogP contribution in [0, 0.1) is 0 Å². The van der Waals surface area contributed by atoms with E-state index in [1.165, 1.54) is 0 Å². The highest BCUT2D eigenvalue weighted by atomic mass is 16.5. The largest absolute Gasteiger partial charge is 0.479 e. The molecule has 0 aromatic carbocycles. The van der Waals surface area contributed by atoms with Gasteiger partial charge in [0.2, 0.25) is 0 Å². The highest BCUT2D eigenvalue weighted by Crippen LogP contribution is 2.02. The molecule has 0 saturated heterocycles. The Hall–Kier alpha value is -0.920. The minimum absolute atomic E-state index is 0.723. The number of H-pyrrole nitrogens is 1. The first-order valence-corrected chi connectivity index (χ1v) is 2.69. The Balaban J connectivity index is 2.50. The molecule has 1 heterocycles. The number of nitrogens with one attached hydrogen (secondary N) is 1. The summed E-state index contributed by atoms with van der Waals surface area (Å²) in [5.74, 6) is 0.840. The minimum atomic E-state index is 0.723. The van der Waals surface area contributed by atoms with Gasteiger partial charge in [-0.15, -0.1) is 0 Å². The van der Waals surface area contributed by atoms with E-state index in [2.05, 4.69) is 4.98 Å². The van der Waals surface area contributed by atoms with Crippen LogP contribution in [0.3, 0.4) is 0 Å². The van der Waals surface area contributed by atoms with E-state index in [1.807, 2.05) is 25.3 Å². The molecule has 0 unspecified atom stereocenters. The van der Waals surface area contributed by atoms with E-state index < -0.39 is 0 Å². The van der Waals surface area contributed by atoms with Crippen LogP contribution in [-0.4, -0.2) is 11.6 Å². The summed E-state index contributed by atoms with van der Waals surface area (Å²) >= 11 is 0. The Kier molecular flexibility index (Phi) is 1.57. The Morgan fingerprint density at radius 1 is 1.75 bits per heavy atom. The van der Waals surface area contributed by atoms with Crippen LogP contribution in [0.1, 0.15) is 6.92 Å². The number of rotatable bonds is 2. The third-order valence-electron chi connectivity index (χ3n) is 0.869. The Labute approximate surface area is 48.5 Å². The second-order valence-electron chi connectivity index (χ2n) is 1.47. The molecule has 0 atom stereocenters. The van der Waals surface area contributed by atoms with Gasteiger partial charge in [0, 0.05) is 6.20 Å². The predicted molar refractivity (Wildman–Crippen MR) is 32.0 cm³/mol. The van der Waals surface area contributed by atoms with Gasteiger partial charge >= 0.3 is 0 Å². The van der Waals surface area contributed by atoms with Gasteiger partial charge in [-0.05, 0) is 19.1 Å². The van der Waals surface area contributed by atoms with E-state index in [9.17, 15) is 0 Å². The Morgan fingerprint density at radius 3 is 3.12 bits per heavy atom. The highest BCUT2D eigenvalue weighted by molar-refractivity contribution is 5.09. The summed E-state index contributed by atoms with van der Waals surface area (Å²) in [6.45, 7) is 2.68. The third-order valence-corrected chi connectivity index (χ3v) is 0.869. The smallest absolute Gasteiger partial charge is 0.190 e. The van der Waals surface area contributed by atoms with Crippen molar-refractivity contribution in [1.29, 1.82) is 0 Å². The summed E-state index contributed by atoms with van der Waals surface area (Å²) in [6, 6.07) is 3.80. The zero-order valence-corrected chi connectivity index (χ0v) is 4.85. The maximum absolute atomic E-state index is 5.09. The fourth-order valence-electron chi connectivity index (χ4n) is 0.559. The molecular formula is C6H9NO. The Morgan fingerprint density at radius 2 is 2.62 bits per heavy atom. The molecular weight excluding hydrogens is 102 g/mol. The van der Waals surface area contributed by atoms with Crippen molar-refractivity contribution in [3.63, 3.8) is 0 Å². The van der Waals surface area contributed by atoms with Crippen molar-refractivity contribution in [3.05, 3.63) is 18.3 Å². The first-order valence-electron chi connectivity index (χ1n) is 2.69. The van der Waals surface area contributed by atoms with Gasteiger partial charge in [-0.3, -0.25) is 0 Å². The molecule has 0 saturated carbocycles. The van der Waals surface area contributed by atoms with E-state index in [0.717, 1.165) is 12.5 Å². The predicted octanol–water partition coefficient (Wildman–Crippen LogP) is 1.41. The van der Waals surface area contributed by atoms with Crippen molar-refractivity contribution in [2.24, 2.45) is 0 Å². The monoisotopic (exact) mass is 111 g/mol. The molecule has 0 aliphatic rings. The van der Waals surface area contributed by atoms with Crippen molar-refractivity contribution in [1.82, 2.24) is 4.98 Å². The fraction of sp³-hybridized carbons (Fsp3) is 0.333. The molecule has 0 aliphatic heterocycles. The molecule has 44 valence electrons. The molecule has 0 amide bonds. The molecule has 0 fully saturated rings. The van der Waals surface area contributed by atoms with E-state index >= 15 is 0 Å². The van der Waals surface area contributed by atoms with Gasteiger partial charge < -0.3 is 9.72 Å². The van der Waals surface area contributed by atoms with Gasteiger partial charge in [0.15, 0.2) is 5.88 Å². The topological polar surface area (TPSA) is 25.0 Å². The zero-order valence-electron chi connectivity index (χ0n) is 4.85. The quantitative estimate of drug-likeness (QED) is 0.613. The number of aromatic amines is 1. The number of ether oxygens (including phenoxy) is 1. The summed E-state index contributed by atoms with van der Waals surface area (Å²) < 4.78 is 5.09. The molecule has 2 nitrogen and oxygen atoms in total. The van der Waals surface area contributed by atoms with Crippen LogP contribution in [0.5, 0.6) is 5.88 Å². The van der Waals surface area contributed by atoms with Crippen LogP contribution in [0.4, 0.5) is 0 Å². The van der Waals surface area contributed by atoms with Crippen LogP contribution >= 0.6 is 0 Å². The van der Waals surface area contributed by atoms with Crippen LogP contribution in [-0.2, 0) is 0 Å². The van der Waals surface area contributed by atoms with Crippen molar-refractivity contribution in [3.8, 4) is 5.88 Å². The van der Waals surface area contributed by atoms with Gasteiger partial charge in [0.25, 0.3) is 0 Å². The molecule has 0 aliphatic carbocycles. The summed E-state index contributed by atoms with van der Waals surface area (Å²) in [4.78, 5) is 2.92. The molecule has 1 N–H and O–H groups in total. The molecule has 1 rings (SSSR count). The standard InChI is InChI=1S/C6H9NO/c1-2-8-6-4-3-5-7-6/h3-5,7H,2H2,1H3. The molecule has 1 aromatic rings. The fourth-order valence-corrected chi connectivity index (χ4v) is 0.559. The van der Waals surface area contributed by atoms with Crippen molar-refractivity contribution in [2.45, 2.75) is 6.92 Å². The SMILES string of the molecule is CCOc1ccc[nH]1. The van der Waals surface area contributed by atoms with Crippen LogP contribution in [0.25, 0.3) is 0 Å². The maximum Gasteiger partial charge on any atom is 0.190 e. The molecule has 8 heavy (non-hydrogen) atoms. The van der Waals surface area contributed by atoms with Crippen LogP contribution in [0.2, 0.25) is 0 Å². The second kappa shape index (κ2) is 2.40. The van der Waals surface area contributed by atoms with Crippen molar-refractivity contribution >= 4 is 0 Å². The van der Waals surface area contributed by atoms with Crippen molar-refractivity contribution in [2.75, 3.05) is 6.61 Å². The lowest BCUT2D eigenvalue weighted by atomic mass is 10.6.